The van der Waals surface area contributed by atoms with Crippen LogP contribution in [0.1, 0.15) is 29.2 Å². The third-order valence-corrected chi connectivity index (χ3v) is 3.84. The Morgan fingerprint density at radius 1 is 1.32 bits per heavy atom. The molecule has 116 valence electrons. The molecule has 2 N–H and O–H groups in total. The van der Waals surface area contributed by atoms with Crippen molar-refractivity contribution in [1.29, 1.82) is 0 Å². The van der Waals surface area contributed by atoms with Crippen LogP contribution in [0.3, 0.4) is 0 Å². The highest BCUT2D eigenvalue weighted by Crippen LogP contribution is 2.15. The van der Waals surface area contributed by atoms with Gasteiger partial charge in [0.25, 0.3) is 11.5 Å². The number of carbonyl (C=O) groups is 1. The van der Waals surface area contributed by atoms with Crippen molar-refractivity contribution in [2.45, 2.75) is 25.4 Å². The van der Waals surface area contributed by atoms with E-state index in [9.17, 15) is 9.59 Å². The van der Waals surface area contributed by atoms with Crippen molar-refractivity contribution in [1.82, 2.24) is 9.47 Å². The van der Waals surface area contributed by atoms with Gasteiger partial charge in [-0.15, -0.1) is 0 Å². The number of furan rings is 1. The number of pyridine rings is 1. The van der Waals surface area contributed by atoms with E-state index in [-0.39, 0.29) is 17.5 Å². The normalized spacial score (nSPS) is 18.4. The number of hydrogen-bond acceptors (Lipinski definition) is 4. The zero-order valence-corrected chi connectivity index (χ0v) is 12.3. The zero-order chi connectivity index (χ0) is 15.5. The first-order valence-electron chi connectivity index (χ1n) is 7.42. The van der Waals surface area contributed by atoms with Gasteiger partial charge in [-0.3, -0.25) is 9.59 Å². The van der Waals surface area contributed by atoms with Crippen LogP contribution >= 0.6 is 0 Å². The Balaban J connectivity index is 1.72. The Kier molecular flexibility index (Phi) is 4.11. The quantitative estimate of drug-likeness (QED) is 0.919. The predicted octanol–water partition coefficient (Wildman–Crippen LogP) is 1.05. The maximum absolute atomic E-state index is 12.4. The van der Waals surface area contributed by atoms with Gasteiger partial charge < -0.3 is 19.6 Å². The van der Waals surface area contributed by atoms with Gasteiger partial charge in [-0.2, -0.15) is 0 Å². The number of rotatable bonds is 3. The standard InChI is InChI=1S/C16H19N3O3/c17-12-4-3-9-19(10-12)16(21)14-7-6-13(22-14)11-18-8-2-1-5-15(18)20/h1-2,5-8,12H,3-4,9-11,17H2/t12-/m0/s1. The molecule has 6 heteroatoms. The minimum absolute atomic E-state index is 0.0371. The van der Waals surface area contributed by atoms with Gasteiger partial charge >= 0.3 is 0 Å². The Morgan fingerprint density at radius 2 is 2.18 bits per heavy atom. The number of carbonyl (C=O) groups excluding carboxylic acids is 1. The molecule has 0 aromatic carbocycles. The molecule has 0 aliphatic carbocycles. The van der Waals surface area contributed by atoms with E-state index in [0.29, 0.717) is 31.2 Å². The van der Waals surface area contributed by atoms with E-state index >= 15 is 0 Å². The third kappa shape index (κ3) is 3.12. The lowest BCUT2D eigenvalue weighted by atomic mass is 10.1. The highest BCUT2D eigenvalue weighted by atomic mass is 16.4. The number of likely N-dealkylation sites (tertiary alicyclic amines) is 1. The van der Waals surface area contributed by atoms with Crippen molar-refractivity contribution in [3.63, 3.8) is 0 Å². The fraction of sp³-hybridized carbons (Fsp3) is 0.375. The van der Waals surface area contributed by atoms with E-state index in [4.69, 9.17) is 10.2 Å². The van der Waals surface area contributed by atoms with Gasteiger partial charge in [0.05, 0.1) is 6.54 Å². The number of piperidine rings is 1. The van der Waals surface area contributed by atoms with Gasteiger partial charge in [-0.05, 0) is 31.0 Å². The monoisotopic (exact) mass is 301 g/mol. The highest BCUT2D eigenvalue weighted by molar-refractivity contribution is 5.91. The molecule has 6 nitrogen and oxygen atoms in total. The van der Waals surface area contributed by atoms with Gasteiger partial charge in [0.15, 0.2) is 5.76 Å². The Hall–Kier alpha value is -2.34. The predicted molar refractivity (Wildman–Crippen MR) is 81.6 cm³/mol. The van der Waals surface area contributed by atoms with Gasteiger partial charge in [0, 0.05) is 31.4 Å². The summed E-state index contributed by atoms with van der Waals surface area (Å²) in [5.41, 5.74) is 5.80. The molecule has 1 aliphatic heterocycles. The zero-order valence-electron chi connectivity index (χ0n) is 12.3. The third-order valence-electron chi connectivity index (χ3n) is 3.84. The molecule has 0 unspecified atom stereocenters. The summed E-state index contributed by atoms with van der Waals surface area (Å²) in [6, 6.07) is 8.39. The smallest absolute Gasteiger partial charge is 0.289 e. The highest BCUT2D eigenvalue weighted by Gasteiger charge is 2.24. The fourth-order valence-corrected chi connectivity index (χ4v) is 2.69. The second kappa shape index (κ2) is 6.19. The number of amides is 1. The first-order valence-corrected chi connectivity index (χ1v) is 7.42. The molecule has 0 bridgehead atoms. The van der Waals surface area contributed by atoms with Gasteiger partial charge in [-0.1, -0.05) is 6.07 Å². The van der Waals surface area contributed by atoms with Gasteiger partial charge in [-0.25, -0.2) is 0 Å². The van der Waals surface area contributed by atoms with E-state index < -0.39 is 0 Å². The molecule has 0 spiro atoms. The average Bonchev–Trinajstić information content (AvgIpc) is 2.97. The first-order chi connectivity index (χ1) is 10.6. The van der Waals surface area contributed by atoms with Crippen LogP contribution in [0.4, 0.5) is 0 Å². The van der Waals surface area contributed by atoms with Crippen molar-refractivity contribution in [3.8, 4) is 0 Å². The molecule has 1 atom stereocenters. The molecular weight excluding hydrogens is 282 g/mol. The van der Waals surface area contributed by atoms with E-state index in [1.807, 2.05) is 0 Å². The van der Waals surface area contributed by atoms with Crippen LogP contribution in [-0.2, 0) is 6.54 Å². The molecule has 2 aromatic rings. The van der Waals surface area contributed by atoms with Gasteiger partial charge in [0.1, 0.15) is 5.76 Å². The van der Waals surface area contributed by atoms with Crippen molar-refractivity contribution in [3.05, 3.63) is 58.4 Å². The van der Waals surface area contributed by atoms with E-state index in [1.165, 1.54) is 10.6 Å². The summed E-state index contributed by atoms with van der Waals surface area (Å²) < 4.78 is 7.13. The van der Waals surface area contributed by atoms with E-state index in [1.54, 1.807) is 35.4 Å². The average molecular weight is 301 g/mol. The minimum Gasteiger partial charge on any atom is -0.454 e. The van der Waals surface area contributed by atoms with Crippen molar-refractivity contribution in [2.24, 2.45) is 5.73 Å². The summed E-state index contributed by atoms with van der Waals surface area (Å²) in [5, 5.41) is 0. The SMILES string of the molecule is N[C@H]1CCCN(C(=O)c2ccc(Cn3ccccc3=O)o2)C1. The maximum atomic E-state index is 12.4. The Labute approximate surface area is 128 Å². The van der Waals surface area contributed by atoms with Crippen LogP contribution in [0, 0.1) is 0 Å². The molecule has 22 heavy (non-hydrogen) atoms. The first kappa shape index (κ1) is 14.6. The molecule has 0 radical (unpaired) electrons. The van der Waals surface area contributed by atoms with E-state index in [0.717, 1.165) is 12.8 Å². The number of nitrogens with zero attached hydrogens (tertiary/aromatic N) is 2. The molecule has 0 saturated carbocycles. The molecule has 1 amide bonds. The molecule has 1 fully saturated rings. The van der Waals surface area contributed by atoms with Crippen molar-refractivity contribution >= 4 is 5.91 Å². The lowest BCUT2D eigenvalue weighted by Gasteiger charge is -2.30. The van der Waals surface area contributed by atoms with E-state index in [2.05, 4.69) is 0 Å². The molecule has 2 aromatic heterocycles. The lowest BCUT2D eigenvalue weighted by Crippen LogP contribution is -2.45. The topological polar surface area (TPSA) is 81.5 Å². The van der Waals surface area contributed by atoms with Crippen LogP contribution in [-0.4, -0.2) is 34.5 Å². The second-order valence-corrected chi connectivity index (χ2v) is 5.59. The fourth-order valence-electron chi connectivity index (χ4n) is 2.69. The molecule has 1 aliphatic rings. The summed E-state index contributed by atoms with van der Waals surface area (Å²) in [6.07, 6.45) is 3.56. The van der Waals surface area contributed by atoms with Crippen LogP contribution < -0.4 is 11.3 Å². The molecule has 3 rings (SSSR count). The summed E-state index contributed by atoms with van der Waals surface area (Å²) in [7, 11) is 0. The van der Waals surface area contributed by atoms with Crippen LogP contribution in [0.25, 0.3) is 0 Å². The van der Waals surface area contributed by atoms with Crippen LogP contribution in [0.2, 0.25) is 0 Å². The summed E-state index contributed by atoms with van der Waals surface area (Å²) >= 11 is 0. The summed E-state index contributed by atoms with van der Waals surface area (Å²) in [6.45, 7) is 1.58. The minimum atomic E-state index is -0.137. The summed E-state index contributed by atoms with van der Waals surface area (Å²) in [5.74, 6) is 0.743. The summed E-state index contributed by atoms with van der Waals surface area (Å²) in [4.78, 5) is 25.8. The van der Waals surface area contributed by atoms with Crippen molar-refractivity contribution < 1.29 is 9.21 Å². The lowest BCUT2D eigenvalue weighted by molar-refractivity contribution is 0.0674. The second-order valence-electron chi connectivity index (χ2n) is 5.59. The van der Waals surface area contributed by atoms with Crippen LogP contribution in [0.15, 0.2) is 45.7 Å². The number of nitrogens with two attached hydrogens (primary N) is 1. The number of hydrogen-bond donors (Lipinski definition) is 1. The molecular formula is C16H19N3O3. The number of aromatic nitrogens is 1. The maximum Gasteiger partial charge on any atom is 0.289 e. The van der Waals surface area contributed by atoms with Crippen LogP contribution in [0.5, 0.6) is 0 Å². The Morgan fingerprint density at radius 3 is 2.95 bits per heavy atom. The van der Waals surface area contributed by atoms with Crippen molar-refractivity contribution in [2.75, 3.05) is 13.1 Å². The van der Waals surface area contributed by atoms with Gasteiger partial charge in [0.2, 0.25) is 0 Å². The Bertz CT molecular complexity index is 719. The molecule has 1 saturated heterocycles. The molecule has 3 heterocycles. The largest absolute Gasteiger partial charge is 0.454 e.